The third kappa shape index (κ3) is 4.89. The zero-order chi connectivity index (χ0) is 12.6. The molecule has 88 valence electrons. The number of esters is 2. The topological polar surface area (TPSA) is 52.6 Å². The first-order valence-corrected chi connectivity index (χ1v) is 5.21. The monoisotopic (exact) mass is 242 g/mol. The van der Waals surface area contributed by atoms with Crippen LogP contribution in [0.4, 0.5) is 0 Å². The van der Waals surface area contributed by atoms with Crippen LogP contribution in [-0.4, -0.2) is 30.8 Å². The van der Waals surface area contributed by atoms with Crippen LogP contribution in [0.25, 0.3) is 0 Å². The molecular formula is C11H15O4P. The molecule has 0 aromatic carbocycles. The maximum atomic E-state index is 11.3. The van der Waals surface area contributed by atoms with Crippen LogP contribution < -0.4 is 0 Å². The summed E-state index contributed by atoms with van der Waals surface area (Å²) in [4.78, 5) is 22.7. The second kappa shape index (κ2) is 7.83. The van der Waals surface area contributed by atoms with E-state index in [4.69, 9.17) is 9.47 Å². The fourth-order valence-electron chi connectivity index (χ4n) is 0.727. The summed E-state index contributed by atoms with van der Waals surface area (Å²) in [6.07, 6.45) is 2.87. The van der Waals surface area contributed by atoms with E-state index in [-0.39, 0.29) is 18.8 Å². The predicted octanol–water partition coefficient (Wildman–Crippen LogP) is 1.24. The highest BCUT2D eigenvalue weighted by Gasteiger charge is 2.23. The SMILES string of the molecule is C=CCOC(=O)C(=C)C(P)C(=O)OCC=C. The lowest BCUT2D eigenvalue weighted by atomic mass is 10.2. The first-order chi connectivity index (χ1) is 7.54. The number of hydrogen-bond donors (Lipinski definition) is 0. The second-order valence-corrected chi connectivity index (χ2v) is 3.48. The summed E-state index contributed by atoms with van der Waals surface area (Å²) >= 11 is 0. The van der Waals surface area contributed by atoms with E-state index in [1.165, 1.54) is 12.2 Å². The molecule has 2 unspecified atom stereocenters. The van der Waals surface area contributed by atoms with E-state index >= 15 is 0 Å². The van der Waals surface area contributed by atoms with Crippen molar-refractivity contribution in [1.29, 1.82) is 0 Å². The Morgan fingerprint density at radius 1 is 1.19 bits per heavy atom. The highest BCUT2D eigenvalue weighted by atomic mass is 31.0. The van der Waals surface area contributed by atoms with E-state index in [9.17, 15) is 9.59 Å². The van der Waals surface area contributed by atoms with Crippen LogP contribution in [0.2, 0.25) is 0 Å². The molecule has 5 heteroatoms. The van der Waals surface area contributed by atoms with Gasteiger partial charge in [-0.05, 0) is 0 Å². The molecule has 4 nitrogen and oxygen atoms in total. The molecule has 16 heavy (non-hydrogen) atoms. The molecule has 0 bridgehead atoms. The Morgan fingerprint density at radius 2 is 1.69 bits per heavy atom. The van der Waals surface area contributed by atoms with E-state index in [0.29, 0.717) is 0 Å². The Hall–Kier alpha value is -1.41. The van der Waals surface area contributed by atoms with Gasteiger partial charge in [-0.15, -0.1) is 9.24 Å². The van der Waals surface area contributed by atoms with Gasteiger partial charge in [0.1, 0.15) is 18.9 Å². The van der Waals surface area contributed by atoms with E-state index < -0.39 is 17.6 Å². The Kier molecular flexibility index (Phi) is 7.14. The van der Waals surface area contributed by atoms with Crippen molar-refractivity contribution in [3.8, 4) is 0 Å². The number of carbonyl (C=O) groups is 2. The fraction of sp³-hybridized carbons (Fsp3) is 0.273. The summed E-state index contributed by atoms with van der Waals surface area (Å²) in [7, 11) is 2.18. The standard InChI is InChI=1S/C11H15O4P/c1-4-6-14-10(12)8(3)9(16)11(13)15-7-5-2/h4-5,9H,1-3,6-7,16H2. The lowest BCUT2D eigenvalue weighted by Crippen LogP contribution is -2.24. The van der Waals surface area contributed by atoms with Crippen LogP contribution >= 0.6 is 9.24 Å². The molecule has 0 aromatic rings. The van der Waals surface area contributed by atoms with E-state index in [2.05, 4.69) is 29.0 Å². The van der Waals surface area contributed by atoms with Crippen LogP contribution in [-0.2, 0) is 19.1 Å². The van der Waals surface area contributed by atoms with Crippen LogP contribution in [0, 0.1) is 0 Å². The molecule has 0 aliphatic carbocycles. The molecule has 0 aliphatic rings. The minimum absolute atomic E-state index is 0.0286. The normalized spacial score (nSPS) is 11.1. The lowest BCUT2D eigenvalue weighted by Gasteiger charge is -2.12. The summed E-state index contributed by atoms with van der Waals surface area (Å²) in [5.41, 5.74) is -0.779. The molecule has 0 saturated heterocycles. The zero-order valence-electron chi connectivity index (χ0n) is 8.98. The number of hydrogen-bond acceptors (Lipinski definition) is 4. The summed E-state index contributed by atoms with van der Waals surface area (Å²) in [6, 6.07) is 0. The van der Waals surface area contributed by atoms with Gasteiger partial charge in [0.25, 0.3) is 0 Å². The van der Waals surface area contributed by atoms with Gasteiger partial charge in [-0.25, -0.2) is 4.79 Å². The fourth-order valence-corrected chi connectivity index (χ4v) is 0.960. The largest absolute Gasteiger partial charge is 0.461 e. The van der Waals surface area contributed by atoms with Gasteiger partial charge in [0.15, 0.2) is 0 Å². The molecule has 0 amide bonds. The van der Waals surface area contributed by atoms with Gasteiger partial charge < -0.3 is 9.47 Å². The molecular weight excluding hydrogens is 227 g/mol. The molecule has 0 heterocycles. The third-order valence-electron chi connectivity index (χ3n) is 1.57. The maximum Gasteiger partial charge on any atom is 0.334 e. The van der Waals surface area contributed by atoms with Crippen LogP contribution in [0.15, 0.2) is 37.5 Å². The molecule has 2 atom stereocenters. The smallest absolute Gasteiger partial charge is 0.334 e. The summed E-state index contributed by atoms with van der Waals surface area (Å²) in [5.74, 6) is -1.21. The van der Waals surface area contributed by atoms with E-state index in [1.54, 1.807) is 0 Å². The van der Waals surface area contributed by atoms with Gasteiger partial charge in [0.05, 0.1) is 0 Å². The number of ether oxygens (including phenoxy) is 2. The third-order valence-corrected chi connectivity index (χ3v) is 2.24. The first-order valence-electron chi connectivity index (χ1n) is 4.54. The Balaban J connectivity index is 4.25. The highest BCUT2D eigenvalue weighted by molar-refractivity contribution is 7.20. The van der Waals surface area contributed by atoms with Crippen molar-refractivity contribution in [2.75, 3.05) is 13.2 Å². The Morgan fingerprint density at radius 3 is 2.19 bits per heavy atom. The van der Waals surface area contributed by atoms with Crippen molar-refractivity contribution in [1.82, 2.24) is 0 Å². The zero-order valence-corrected chi connectivity index (χ0v) is 10.1. The maximum absolute atomic E-state index is 11.3. The quantitative estimate of drug-likeness (QED) is 0.292. The highest BCUT2D eigenvalue weighted by Crippen LogP contribution is 2.14. The average molecular weight is 242 g/mol. The summed E-state index contributed by atoms with van der Waals surface area (Å²) in [6.45, 7) is 10.5. The minimum Gasteiger partial charge on any atom is -0.461 e. The van der Waals surface area contributed by atoms with Gasteiger partial charge in [-0.3, -0.25) is 4.79 Å². The van der Waals surface area contributed by atoms with E-state index in [0.717, 1.165) is 0 Å². The summed E-state index contributed by atoms with van der Waals surface area (Å²) in [5, 5.41) is 0. The van der Waals surface area contributed by atoms with Crippen molar-refractivity contribution in [3.05, 3.63) is 37.5 Å². The van der Waals surface area contributed by atoms with Crippen molar-refractivity contribution in [2.24, 2.45) is 0 Å². The number of rotatable bonds is 7. The Bertz CT molecular complexity index is 309. The minimum atomic E-state index is -0.808. The van der Waals surface area contributed by atoms with Gasteiger partial charge in [0.2, 0.25) is 0 Å². The second-order valence-electron chi connectivity index (χ2n) is 2.81. The molecule has 0 saturated carbocycles. The van der Waals surface area contributed by atoms with Crippen LogP contribution in [0.3, 0.4) is 0 Å². The lowest BCUT2D eigenvalue weighted by molar-refractivity contribution is -0.144. The van der Waals surface area contributed by atoms with Gasteiger partial charge >= 0.3 is 11.9 Å². The van der Waals surface area contributed by atoms with Crippen LogP contribution in [0.5, 0.6) is 0 Å². The summed E-state index contributed by atoms with van der Waals surface area (Å²) < 4.78 is 9.49. The van der Waals surface area contributed by atoms with Gasteiger partial charge in [-0.1, -0.05) is 31.9 Å². The number of carbonyl (C=O) groups excluding carboxylic acids is 2. The molecule has 0 aromatic heterocycles. The van der Waals surface area contributed by atoms with Crippen molar-refractivity contribution >= 4 is 21.2 Å². The molecule has 0 rings (SSSR count). The van der Waals surface area contributed by atoms with Crippen molar-refractivity contribution < 1.29 is 19.1 Å². The molecule has 0 fully saturated rings. The van der Waals surface area contributed by atoms with Crippen molar-refractivity contribution in [2.45, 2.75) is 5.66 Å². The van der Waals surface area contributed by atoms with Crippen molar-refractivity contribution in [3.63, 3.8) is 0 Å². The molecule has 0 aliphatic heterocycles. The van der Waals surface area contributed by atoms with E-state index in [1.807, 2.05) is 0 Å². The van der Waals surface area contributed by atoms with Crippen LogP contribution in [0.1, 0.15) is 0 Å². The molecule has 0 radical (unpaired) electrons. The predicted molar refractivity (Wildman–Crippen MR) is 65.0 cm³/mol. The Labute approximate surface area is 97.2 Å². The molecule has 0 spiro atoms. The average Bonchev–Trinajstić information content (AvgIpc) is 2.30. The molecule has 0 N–H and O–H groups in total. The van der Waals surface area contributed by atoms with Gasteiger partial charge in [0, 0.05) is 5.57 Å². The first kappa shape index (κ1) is 14.6. The van der Waals surface area contributed by atoms with Gasteiger partial charge in [-0.2, -0.15) is 0 Å².